The lowest BCUT2D eigenvalue weighted by atomic mass is 10.0. The maximum Gasteiger partial charge on any atom is 0.150 e. The normalized spacial score (nSPS) is 17.0. The summed E-state index contributed by atoms with van der Waals surface area (Å²) in [5, 5.41) is 3.09. The zero-order valence-corrected chi connectivity index (χ0v) is 13.3. The van der Waals surface area contributed by atoms with Crippen molar-refractivity contribution in [2.24, 2.45) is 16.6 Å². The average molecular weight is 303 g/mol. The molecule has 0 unspecified atom stereocenters. The molecule has 0 bridgehead atoms. The van der Waals surface area contributed by atoms with Crippen LogP contribution in [0.15, 0.2) is 22.8 Å². The number of rotatable bonds is 3. The lowest BCUT2D eigenvalue weighted by Crippen LogP contribution is -2.29. The number of carbonyl (C=O) groups is 1. The number of hydrogen-bond acceptors (Lipinski definition) is 6. The van der Waals surface area contributed by atoms with Crippen molar-refractivity contribution in [2.45, 2.75) is 12.8 Å². The zero-order chi connectivity index (χ0) is 16.1. The summed E-state index contributed by atoms with van der Waals surface area (Å²) >= 11 is 0. The lowest BCUT2D eigenvalue weighted by Gasteiger charge is -2.30. The van der Waals surface area contributed by atoms with Crippen molar-refractivity contribution < 1.29 is 6.22 Å². The van der Waals surface area contributed by atoms with Gasteiger partial charge >= 0.3 is 0 Å². The first-order valence-electron chi connectivity index (χ1n) is 7.36. The molecule has 0 atom stereocenters. The summed E-state index contributed by atoms with van der Waals surface area (Å²) in [7, 11) is 5.64. The smallest absolute Gasteiger partial charge is 0.150 e. The first kappa shape index (κ1) is 16.0. The summed E-state index contributed by atoms with van der Waals surface area (Å²) in [5.74, 6) is 1.30. The summed E-state index contributed by atoms with van der Waals surface area (Å²) in [5.41, 5.74) is 10.0. The minimum absolute atomic E-state index is 0. The van der Waals surface area contributed by atoms with Crippen LogP contribution in [0.25, 0.3) is 5.70 Å². The van der Waals surface area contributed by atoms with E-state index in [1.54, 1.807) is 13.2 Å². The Bertz CT molecular complexity index is 610. The van der Waals surface area contributed by atoms with E-state index in [1.165, 1.54) is 0 Å². The number of likely N-dealkylation sites (N-methyl/N-ethyl adjacent to an activating group) is 1. The number of nitrogens with two attached hydrogens (primary N) is 1. The lowest BCUT2D eigenvalue weighted by molar-refractivity contribution is -0.108. The average Bonchev–Trinajstić information content (AvgIpc) is 3.36. The highest BCUT2D eigenvalue weighted by atomic mass is 16.1. The third-order valence-electron chi connectivity index (χ3n) is 3.69. The fraction of sp³-hybridized carbons (Fsp3) is 0.438. The maximum atomic E-state index is 9.57. The second-order valence-electron chi connectivity index (χ2n) is 5.46. The van der Waals surface area contributed by atoms with Crippen molar-refractivity contribution >= 4 is 29.7 Å². The van der Waals surface area contributed by atoms with E-state index in [0.29, 0.717) is 5.92 Å². The monoisotopic (exact) mass is 303 g/mol. The van der Waals surface area contributed by atoms with E-state index in [9.17, 15) is 4.79 Å². The summed E-state index contributed by atoms with van der Waals surface area (Å²) in [4.78, 5) is 20.0. The molecule has 3 N–H and O–H groups in total. The molecule has 120 valence electrons. The molecule has 0 aromatic carbocycles. The molecule has 6 nitrogen and oxygen atoms in total. The number of aliphatic imine (C=N–C) groups is 1. The number of carbonyl (C=O) groups excluding carboxylic acids is 1. The number of pyridine rings is 1. The number of nitrogens with zero attached hydrogens (tertiary/aromatic N) is 3. The molecule has 0 radical (unpaired) electrons. The van der Waals surface area contributed by atoms with Crippen molar-refractivity contribution in [3.05, 3.63) is 23.4 Å². The van der Waals surface area contributed by atoms with Crippen molar-refractivity contribution in [3.63, 3.8) is 0 Å². The molecule has 6 heteroatoms. The van der Waals surface area contributed by atoms with E-state index >= 15 is 0 Å². The highest BCUT2D eigenvalue weighted by molar-refractivity contribution is 5.97. The van der Waals surface area contributed by atoms with E-state index in [1.807, 2.05) is 26.4 Å². The van der Waals surface area contributed by atoms with Crippen LogP contribution in [0.2, 0.25) is 0 Å². The second kappa shape index (κ2) is 7.06. The van der Waals surface area contributed by atoms with Crippen molar-refractivity contribution in [1.82, 2.24) is 4.98 Å². The Balaban J connectivity index is 0.000000377. The predicted octanol–water partition coefficient (Wildman–Crippen LogP) is 1.78. The van der Waals surface area contributed by atoms with E-state index in [0.717, 1.165) is 54.0 Å². The number of hydrogen-bond donors (Lipinski definition) is 2. The molecule has 1 aromatic heterocycles. The Kier molecular flexibility index (Phi) is 5.14. The van der Waals surface area contributed by atoms with E-state index in [2.05, 4.69) is 20.2 Å². The van der Waals surface area contributed by atoms with Crippen molar-refractivity contribution in [1.29, 1.82) is 0 Å². The number of aldehydes is 1. The Morgan fingerprint density at radius 3 is 2.77 bits per heavy atom. The van der Waals surface area contributed by atoms with Gasteiger partial charge in [-0.15, -0.1) is 0 Å². The van der Waals surface area contributed by atoms with E-state index < -0.39 is 0 Å². The molecule has 22 heavy (non-hydrogen) atoms. The molecule has 3 rings (SSSR count). The molecular formula is C16H25N5O. The second-order valence-corrected chi connectivity index (χ2v) is 5.46. The first-order chi connectivity index (χ1) is 10.6. The van der Waals surface area contributed by atoms with Crippen LogP contribution in [0.5, 0.6) is 0 Å². The van der Waals surface area contributed by atoms with Gasteiger partial charge in [0, 0.05) is 64.3 Å². The Labute approximate surface area is 132 Å². The topological polar surface area (TPSA) is 83.6 Å². The molecule has 0 amide bonds. The summed E-state index contributed by atoms with van der Waals surface area (Å²) in [6.07, 6.45) is 6.89. The van der Waals surface area contributed by atoms with Gasteiger partial charge in [-0.25, -0.2) is 4.98 Å². The Morgan fingerprint density at radius 1 is 1.55 bits per heavy atom. The van der Waals surface area contributed by atoms with Gasteiger partial charge in [0.1, 0.15) is 12.1 Å². The van der Waals surface area contributed by atoms with Crippen LogP contribution in [0, 0.1) is 5.92 Å². The predicted molar refractivity (Wildman–Crippen MR) is 93.5 cm³/mol. The molecule has 1 aromatic rings. The molecular weight excluding hydrogens is 278 g/mol. The van der Waals surface area contributed by atoms with Gasteiger partial charge in [0.25, 0.3) is 0 Å². The molecule has 0 saturated heterocycles. The summed E-state index contributed by atoms with van der Waals surface area (Å²) in [6, 6.07) is 1.94. The van der Waals surface area contributed by atoms with Crippen LogP contribution >= 0.6 is 0 Å². The highest BCUT2D eigenvalue weighted by Gasteiger charge is 2.22. The van der Waals surface area contributed by atoms with Crippen LogP contribution < -0.4 is 16.0 Å². The van der Waals surface area contributed by atoms with Gasteiger partial charge in [-0.3, -0.25) is 4.99 Å². The van der Waals surface area contributed by atoms with Crippen LogP contribution in [-0.4, -0.2) is 45.2 Å². The SMILES string of the molecule is CN=CC1=C(N)c2ccnc(NC)c2N(C)C1.O=CC1CC1.[HH]. The van der Waals surface area contributed by atoms with E-state index in [-0.39, 0.29) is 1.43 Å². The third kappa shape index (κ3) is 3.44. The molecule has 2 aliphatic rings. The van der Waals surface area contributed by atoms with Gasteiger partial charge in [0.15, 0.2) is 0 Å². The minimum atomic E-state index is 0. The molecule has 1 aliphatic heterocycles. The van der Waals surface area contributed by atoms with Crippen LogP contribution in [0.3, 0.4) is 0 Å². The quantitative estimate of drug-likeness (QED) is 0.657. The number of nitrogens with one attached hydrogen (secondary N) is 1. The number of fused-ring (bicyclic) bond motifs is 1. The van der Waals surface area contributed by atoms with Gasteiger partial charge in [-0.2, -0.15) is 0 Å². The van der Waals surface area contributed by atoms with Gasteiger partial charge in [0.2, 0.25) is 0 Å². The van der Waals surface area contributed by atoms with E-state index in [4.69, 9.17) is 5.73 Å². The van der Waals surface area contributed by atoms with Gasteiger partial charge < -0.3 is 20.7 Å². The number of aromatic nitrogens is 1. The minimum Gasteiger partial charge on any atom is -0.398 e. The van der Waals surface area contributed by atoms with Crippen molar-refractivity contribution in [3.8, 4) is 0 Å². The van der Waals surface area contributed by atoms with Gasteiger partial charge in [0.05, 0.1) is 5.69 Å². The van der Waals surface area contributed by atoms with Crippen LogP contribution in [0.4, 0.5) is 11.5 Å². The third-order valence-corrected chi connectivity index (χ3v) is 3.69. The van der Waals surface area contributed by atoms with Crippen molar-refractivity contribution in [2.75, 3.05) is 37.9 Å². The molecule has 1 aliphatic carbocycles. The molecule has 1 saturated carbocycles. The van der Waals surface area contributed by atoms with Gasteiger partial charge in [-0.05, 0) is 18.9 Å². The highest BCUT2D eigenvalue weighted by Crippen LogP contribution is 2.35. The molecule has 2 heterocycles. The Hall–Kier alpha value is -2.37. The fourth-order valence-electron chi connectivity index (χ4n) is 2.33. The maximum absolute atomic E-state index is 9.57. The molecule has 1 fully saturated rings. The standard InChI is InChI=1S/C12H17N5.C4H6O.H2/c1-14-6-8-7-17(3)11-9(10(8)13)4-5-16-12(11)15-2;5-3-4-1-2-4;/h4-6H,7,13H2,1-3H3,(H,15,16);3-4H,1-2H2;1H. The fourth-order valence-corrected chi connectivity index (χ4v) is 2.33. The Morgan fingerprint density at radius 2 is 2.27 bits per heavy atom. The zero-order valence-electron chi connectivity index (χ0n) is 13.3. The van der Waals surface area contributed by atoms with Gasteiger partial charge in [-0.1, -0.05) is 0 Å². The first-order valence-corrected chi connectivity index (χ1v) is 7.36. The number of anilines is 2. The largest absolute Gasteiger partial charge is 0.398 e. The van der Waals surface area contributed by atoms with Crippen LogP contribution in [0.1, 0.15) is 19.8 Å². The summed E-state index contributed by atoms with van der Waals surface area (Å²) < 4.78 is 0. The molecule has 0 spiro atoms. The van der Waals surface area contributed by atoms with Crippen LogP contribution in [-0.2, 0) is 4.79 Å². The summed E-state index contributed by atoms with van der Waals surface area (Å²) in [6.45, 7) is 0.747.